The molecule has 0 radical (unpaired) electrons. The lowest BCUT2D eigenvalue weighted by atomic mass is 9.98. The van der Waals surface area contributed by atoms with Crippen molar-refractivity contribution in [3.8, 4) is 11.8 Å². The predicted octanol–water partition coefficient (Wildman–Crippen LogP) is 1.73. The van der Waals surface area contributed by atoms with Crippen LogP contribution >= 0.6 is 11.6 Å². The summed E-state index contributed by atoms with van der Waals surface area (Å²) in [4.78, 5) is 37.0. The second kappa shape index (κ2) is 10.2. The van der Waals surface area contributed by atoms with Gasteiger partial charge in [-0.25, -0.2) is 15.0 Å². The molecule has 2 saturated carbocycles. The van der Waals surface area contributed by atoms with Gasteiger partial charge in [-0.15, -0.1) is 0 Å². The number of aromatic nitrogens is 4. The van der Waals surface area contributed by atoms with Crippen molar-refractivity contribution in [1.82, 2.24) is 24.8 Å². The average molecular weight is 539 g/mol. The number of rotatable bonds is 8. The summed E-state index contributed by atoms with van der Waals surface area (Å²) in [6, 6.07) is 6.76. The molecule has 5 atom stereocenters. The highest BCUT2D eigenvalue weighted by atomic mass is 35.5. The number of carboxylic acids is 1. The standard InChI is InChI=1S/C26H27ClN6O5/c1-28-25(38)26-11-16(26)20(21(36)22(26)37)33-13-30-19-23(29-12-14-6-5-7-15(27)10-14)31-17(32-24(19)33)8-3-2-4-9-18(34)35/h5-7,10,13,16,20-22,36-37H,2,4,9,11-12H2,1H3,(H,28,38)(H,34,35)(H,29,31,32)/t16-,20+,21+,22+,26+/m0/s1. The third-order valence-electron chi connectivity index (χ3n) is 7.31. The van der Waals surface area contributed by atoms with E-state index >= 15 is 0 Å². The zero-order valence-electron chi connectivity index (χ0n) is 20.6. The lowest BCUT2D eigenvalue weighted by molar-refractivity contribution is -0.137. The van der Waals surface area contributed by atoms with Crippen LogP contribution in [-0.4, -0.2) is 66.0 Å². The van der Waals surface area contributed by atoms with Gasteiger partial charge in [0.2, 0.25) is 11.7 Å². The molecule has 11 nitrogen and oxygen atoms in total. The Morgan fingerprint density at radius 2 is 2.11 bits per heavy atom. The minimum atomic E-state index is -1.22. The van der Waals surface area contributed by atoms with Crippen LogP contribution in [-0.2, 0) is 16.1 Å². The zero-order valence-corrected chi connectivity index (χ0v) is 21.3. The number of anilines is 1. The molecule has 2 heterocycles. The number of unbranched alkanes of at least 4 members (excludes halogenated alkanes) is 1. The number of aliphatic hydroxyl groups is 2. The molecule has 0 unspecified atom stereocenters. The van der Waals surface area contributed by atoms with Crippen molar-refractivity contribution in [3.63, 3.8) is 0 Å². The van der Waals surface area contributed by atoms with Gasteiger partial charge in [0.1, 0.15) is 6.10 Å². The predicted molar refractivity (Wildman–Crippen MR) is 138 cm³/mol. The first-order valence-electron chi connectivity index (χ1n) is 12.3. The number of benzene rings is 1. The summed E-state index contributed by atoms with van der Waals surface area (Å²) < 4.78 is 1.69. The van der Waals surface area contributed by atoms with Crippen LogP contribution in [0.1, 0.15) is 43.1 Å². The molecule has 5 rings (SSSR count). The second-order valence-electron chi connectivity index (χ2n) is 9.61. The molecule has 2 aliphatic carbocycles. The molecule has 38 heavy (non-hydrogen) atoms. The molecule has 3 aromatic rings. The molecule has 2 aromatic heterocycles. The highest BCUT2D eigenvalue weighted by Crippen LogP contribution is 2.67. The lowest BCUT2D eigenvalue weighted by Crippen LogP contribution is -2.41. The number of nitrogens with zero attached hydrogens (tertiary/aromatic N) is 4. The van der Waals surface area contributed by atoms with E-state index < -0.39 is 29.6 Å². The maximum Gasteiger partial charge on any atom is 0.303 e. The minimum Gasteiger partial charge on any atom is -0.481 e. The molecule has 5 N–H and O–H groups in total. The Hall–Kier alpha value is -3.72. The number of hydrogen-bond acceptors (Lipinski definition) is 8. The number of aliphatic hydroxyl groups excluding tert-OH is 2. The SMILES string of the molecule is CNC(=O)[C@]12C[C@H]1[C@@H](n1cnc3c(NCc4cccc(Cl)c4)nc(C#CCCCC(=O)O)nc31)[C@@H](O)[C@H]2O. The van der Waals surface area contributed by atoms with Crippen molar-refractivity contribution in [2.45, 2.75) is 50.5 Å². The van der Waals surface area contributed by atoms with Crippen LogP contribution < -0.4 is 10.6 Å². The number of fused-ring (bicyclic) bond motifs is 2. The normalized spacial score (nSPS) is 25.4. The van der Waals surface area contributed by atoms with Gasteiger partial charge in [0.25, 0.3) is 0 Å². The third-order valence-corrected chi connectivity index (χ3v) is 7.54. The van der Waals surface area contributed by atoms with Crippen LogP contribution in [0.5, 0.6) is 0 Å². The highest BCUT2D eigenvalue weighted by molar-refractivity contribution is 6.30. The van der Waals surface area contributed by atoms with E-state index in [1.54, 1.807) is 10.6 Å². The number of hydrogen-bond donors (Lipinski definition) is 5. The number of imidazole rings is 1. The number of amides is 1. The van der Waals surface area contributed by atoms with E-state index in [1.165, 1.54) is 13.4 Å². The van der Waals surface area contributed by atoms with Crippen molar-refractivity contribution in [2.75, 3.05) is 12.4 Å². The average Bonchev–Trinajstić information content (AvgIpc) is 3.43. The molecule has 1 amide bonds. The fourth-order valence-corrected chi connectivity index (χ4v) is 5.62. The molecule has 2 fully saturated rings. The Balaban J connectivity index is 1.50. The van der Waals surface area contributed by atoms with Crippen molar-refractivity contribution in [2.24, 2.45) is 11.3 Å². The summed E-state index contributed by atoms with van der Waals surface area (Å²) in [6.07, 6.45) is 0.353. The van der Waals surface area contributed by atoms with Crippen molar-refractivity contribution < 1.29 is 24.9 Å². The van der Waals surface area contributed by atoms with Crippen LogP contribution in [0, 0.1) is 23.2 Å². The molecule has 198 valence electrons. The first-order valence-corrected chi connectivity index (χ1v) is 12.7. The lowest BCUT2D eigenvalue weighted by Gasteiger charge is -2.23. The van der Waals surface area contributed by atoms with E-state index in [9.17, 15) is 19.8 Å². The van der Waals surface area contributed by atoms with Crippen molar-refractivity contribution in [1.29, 1.82) is 0 Å². The highest BCUT2D eigenvalue weighted by Gasteiger charge is 2.75. The van der Waals surface area contributed by atoms with Gasteiger partial charge in [0, 0.05) is 37.4 Å². The van der Waals surface area contributed by atoms with Crippen LogP contribution in [0.2, 0.25) is 5.02 Å². The minimum absolute atomic E-state index is 0.0180. The molecule has 12 heteroatoms. The summed E-state index contributed by atoms with van der Waals surface area (Å²) in [5, 5.41) is 37.0. The number of carboxylic acid groups (broad SMARTS) is 1. The van der Waals surface area contributed by atoms with Crippen molar-refractivity contribution in [3.05, 3.63) is 47.0 Å². The summed E-state index contributed by atoms with van der Waals surface area (Å²) in [7, 11) is 1.51. The van der Waals surface area contributed by atoms with Crippen LogP contribution in [0.15, 0.2) is 30.6 Å². The third kappa shape index (κ3) is 4.55. The molecule has 2 aliphatic rings. The summed E-state index contributed by atoms with van der Waals surface area (Å²) in [6.45, 7) is 0.401. The molecule has 0 aliphatic heterocycles. The van der Waals surface area contributed by atoms with E-state index in [2.05, 4.69) is 37.4 Å². The number of carbonyl (C=O) groups is 2. The van der Waals surface area contributed by atoms with Crippen LogP contribution in [0.25, 0.3) is 11.2 Å². The quantitative estimate of drug-likeness (QED) is 0.212. The fraction of sp³-hybridized carbons (Fsp3) is 0.423. The van der Waals surface area contributed by atoms with E-state index in [0.29, 0.717) is 47.8 Å². The number of halogens is 1. The monoisotopic (exact) mass is 538 g/mol. The molecule has 0 spiro atoms. The van der Waals surface area contributed by atoms with E-state index in [0.717, 1.165) is 5.56 Å². The van der Waals surface area contributed by atoms with Crippen molar-refractivity contribution >= 4 is 40.5 Å². The van der Waals surface area contributed by atoms with Gasteiger partial charge in [0.05, 0.1) is 23.9 Å². The Morgan fingerprint density at radius 1 is 1.29 bits per heavy atom. The number of carbonyl (C=O) groups excluding carboxylic acids is 1. The Morgan fingerprint density at radius 3 is 2.84 bits per heavy atom. The second-order valence-corrected chi connectivity index (χ2v) is 10.0. The molecular formula is C26H27ClN6O5. The van der Waals surface area contributed by atoms with Gasteiger partial charge < -0.3 is 30.5 Å². The first-order chi connectivity index (χ1) is 18.3. The first kappa shape index (κ1) is 25.9. The van der Waals surface area contributed by atoms with E-state index in [1.807, 2.05) is 18.2 Å². The van der Waals surface area contributed by atoms with Gasteiger partial charge in [-0.05, 0) is 36.5 Å². The maximum atomic E-state index is 12.6. The summed E-state index contributed by atoms with van der Waals surface area (Å²) >= 11 is 6.12. The smallest absolute Gasteiger partial charge is 0.303 e. The Bertz CT molecular complexity index is 1470. The summed E-state index contributed by atoms with van der Waals surface area (Å²) in [5.74, 6) is 4.97. The van der Waals surface area contributed by atoms with Gasteiger partial charge in [-0.2, -0.15) is 0 Å². The van der Waals surface area contributed by atoms with Crippen LogP contribution in [0.4, 0.5) is 5.82 Å². The molecule has 0 saturated heterocycles. The van der Waals surface area contributed by atoms with E-state index in [4.69, 9.17) is 16.7 Å². The van der Waals surface area contributed by atoms with Crippen LogP contribution in [0.3, 0.4) is 0 Å². The van der Waals surface area contributed by atoms with Gasteiger partial charge in [-0.1, -0.05) is 29.7 Å². The van der Waals surface area contributed by atoms with Gasteiger partial charge in [0.15, 0.2) is 17.0 Å². The Labute approximate surface area is 223 Å². The zero-order chi connectivity index (χ0) is 27.0. The van der Waals surface area contributed by atoms with Gasteiger partial charge in [-0.3, -0.25) is 9.59 Å². The largest absolute Gasteiger partial charge is 0.481 e. The molecule has 1 aromatic carbocycles. The number of aliphatic carboxylic acids is 1. The summed E-state index contributed by atoms with van der Waals surface area (Å²) in [5.41, 5.74) is 0.735. The molecule has 0 bridgehead atoms. The number of nitrogens with one attached hydrogen (secondary N) is 2. The van der Waals surface area contributed by atoms with E-state index in [-0.39, 0.29) is 24.1 Å². The maximum absolute atomic E-state index is 12.6. The fourth-order valence-electron chi connectivity index (χ4n) is 5.40. The Kier molecular flexibility index (Phi) is 6.96. The molecular weight excluding hydrogens is 512 g/mol. The van der Waals surface area contributed by atoms with Gasteiger partial charge >= 0.3 is 5.97 Å². The topological polar surface area (TPSA) is 162 Å².